The number of aromatic nitrogens is 2. The lowest BCUT2D eigenvalue weighted by Crippen LogP contribution is -2.16. The number of amides is 1. The number of hydrogen-bond acceptors (Lipinski definition) is 4. The zero-order chi connectivity index (χ0) is 23.5. The van der Waals surface area contributed by atoms with Crippen LogP contribution in [-0.4, -0.2) is 24.1 Å². The maximum absolute atomic E-state index is 12.6. The van der Waals surface area contributed by atoms with E-state index in [1.807, 2.05) is 25.5 Å². The molecule has 0 aliphatic heterocycles. The van der Waals surface area contributed by atoms with Crippen LogP contribution >= 0.6 is 0 Å². The molecule has 0 aliphatic rings. The molecule has 0 saturated carbocycles. The molecule has 3 aromatic rings. The summed E-state index contributed by atoms with van der Waals surface area (Å²) in [5.41, 5.74) is 4.81. The molecular weight excluding hydrogens is 424 g/mol. The lowest BCUT2D eigenvalue weighted by molar-refractivity contribution is -0.115. The van der Waals surface area contributed by atoms with E-state index >= 15 is 0 Å². The van der Waals surface area contributed by atoms with Crippen LogP contribution in [0.2, 0.25) is 0 Å². The van der Waals surface area contributed by atoms with Crippen molar-refractivity contribution in [1.29, 1.82) is 0 Å². The number of nitrogens with one attached hydrogen (secondary N) is 2. The first-order chi connectivity index (χ1) is 15.0. The average molecular weight is 455 g/mol. The van der Waals surface area contributed by atoms with Crippen LogP contribution < -0.4 is 10.0 Å². The first kappa shape index (κ1) is 23.5. The van der Waals surface area contributed by atoms with E-state index in [1.165, 1.54) is 0 Å². The fourth-order valence-corrected chi connectivity index (χ4v) is 4.49. The Morgan fingerprint density at radius 2 is 1.56 bits per heavy atom. The second-order valence-electron chi connectivity index (χ2n) is 8.45. The molecule has 0 bridgehead atoms. The molecule has 2 aromatic carbocycles. The van der Waals surface area contributed by atoms with E-state index in [-0.39, 0.29) is 17.2 Å². The summed E-state index contributed by atoms with van der Waals surface area (Å²) in [6.45, 7) is 10.9. The van der Waals surface area contributed by atoms with Gasteiger partial charge in [-0.1, -0.05) is 31.5 Å². The van der Waals surface area contributed by atoms with Gasteiger partial charge in [-0.15, -0.1) is 0 Å². The molecule has 0 atom stereocenters. The number of anilines is 2. The molecule has 0 aliphatic carbocycles. The van der Waals surface area contributed by atoms with E-state index in [2.05, 4.69) is 29.0 Å². The van der Waals surface area contributed by atoms with E-state index in [1.54, 1.807) is 48.5 Å². The van der Waals surface area contributed by atoms with Crippen molar-refractivity contribution in [2.75, 3.05) is 10.0 Å². The van der Waals surface area contributed by atoms with E-state index in [9.17, 15) is 13.2 Å². The summed E-state index contributed by atoms with van der Waals surface area (Å²) in [5, 5.41) is 7.43. The van der Waals surface area contributed by atoms with Gasteiger partial charge in [0.1, 0.15) is 0 Å². The Kier molecular flexibility index (Phi) is 7.03. The van der Waals surface area contributed by atoms with Gasteiger partial charge in [0.2, 0.25) is 5.91 Å². The Balaban J connectivity index is 1.64. The zero-order valence-electron chi connectivity index (χ0n) is 19.1. The molecule has 0 fully saturated rings. The first-order valence-electron chi connectivity index (χ1n) is 10.6. The predicted molar refractivity (Wildman–Crippen MR) is 127 cm³/mol. The molecule has 0 radical (unpaired) electrons. The summed E-state index contributed by atoms with van der Waals surface area (Å²) in [4.78, 5) is 12.8. The van der Waals surface area contributed by atoms with Gasteiger partial charge in [-0.25, -0.2) is 8.42 Å². The van der Waals surface area contributed by atoms with Gasteiger partial charge in [-0.3, -0.25) is 14.2 Å². The van der Waals surface area contributed by atoms with Crippen molar-refractivity contribution in [3.8, 4) is 0 Å². The average Bonchev–Trinajstić information content (AvgIpc) is 2.96. The second kappa shape index (κ2) is 9.56. The van der Waals surface area contributed by atoms with Crippen molar-refractivity contribution in [3.63, 3.8) is 0 Å². The predicted octanol–water partition coefficient (Wildman–Crippen LogP) is 4.45. The van der Waals surface area contributed by atoms with Crippen LogP contribution in [0.15, 0.2) is 53.4 Å². The van der Waals surface area contributed by atoms with Gasteiger partial charge in [0.05, 0.1) is 17.0 Å². The Bertz CT molecular complexity index is 1200. The molecule has 0 saturated heterocycles. The van der Waals surface area contributed by atoms with E-state index < -0.39 is 10.0 Å². The van der Waals surface area contributed by atoms with E-state index in [0.29, 0.717) is 17.3 Å². The largest absolute Gasteiger partial charge is 0.326 e. The van der Waals surface area contributed by atoms with Crippen LogP contribution in [0.3, 0.4) is 0 Å². The third-order valence-electron chi connectivity index (χ3n) is 5.16. The Morgan fingerprint density at radius 1 is 0.969 bits per heavy atom. The Morgan fingerprint density at radius 3 is 2.16 bits per heavy atom. The summed E-state index contributed by atoms with van der Waals surface area (Å²) >= 11 is 0. The lowest BCUT2D eigenvalue weighted by atomic mass is 10.1. The summed E-state index contributed by atoms with van der Waals surface area (Å²) in [6.07, 6.45) is 0.234. The molecule has 0 unspecified atom stereocenters. The summed E-state index contributed by atoms with van der Waals surface area (Å²) in [6, 6.07) is 13.2. The number of benzene rings is 2. The number of nitrogens with zero attached hydrogens (tertiary/aromatic N) is 2. The lowest BCUT2D eigenvalue weighted by Gasteiger charge is -2.10. The molecule has 8 heteroatoms. The minimum absolute atomic E-state index is 0.145. The van der Waals surface area contributed by atoms with Crippen molar-refractivity contribution in [1.82, 2.24) is 9.78 Å². The number of aryl methyl sites for hydroxylation is 2. The van der Waals surface area contributed by atoms with Crippen LogP contribution in [0.25, 0.3) is 0 Å². The Labute approximate surface area is 189 Å². The van der Waals surface area contributed by atoms with Crippen LogP contribution in [0.1, 0.15) is 36.4 Å². The second-order valence-corrected chi connectivity index (χ2v) is 10.1. The summed E-state index contributed by atoms with van der Waals surface area (Å²) in [5.74, 6) is 0.324. The van der Waals surface area contributed by atoms with Crippen LogP contribution in [0.5, 0.6) is 0 Å². The minimum atomic E-state index is -3.67. The Hall–Kier alpha value is -3.13. The number of rotatable bonds is 8. The number of carbonyl (C=O) groups excluding carboxylic acids is 1. The van der Waals surface area contributed by atoms with Crippen molar-refractivity contribution < 1.29 is 13.2 Å². The van der Waals surface area contributed by atoms with Gasteiger partial charge in [0.15, 0.2) is 0 Å². The fraction of sp³-hybridized carbons (Fsp3) is 0.333. The summed E-state index contributed by atoms with van der Waals surface area (Å²) < 4.78 is 29.6. The van der Waals surface area contributed by atoms with Crippen LogP contribution in [0, 0.1) is 26.7 Å². The monoisotopic (exact) mass is 454 g/mol. The molecule has 0 spiro atoms. The molecule has 2 N–H and O–H groups in total. The van der Waals surface area contributed by atoms with Crippen molar-refractivity contribution >= 4 is 27.3 Å². The minimum Gasteiger partial charge on any atom is -0.326 e. The highest BCUT2D eigenvalue weighted by molar-refractivity contribution is 7.92. The molecule has 170 valence electrons. The van der Waals surface area contributed by atoms with Crippen LogP contribution in [0.4, 0.5) is 11.4 Å². The number of carbonyl (C=O) groups is 1. The normalized spacial score (nSPS) is 11.6. The maximum Gasteiger partial charge on any atom is 0.261 e. The molecule has 7 nitrogen and oxygen atoms in total. The molecule has 1 aromatic heterocycles. The number of sulfonamides is 1. The van der Waals surface area contributed by atoms with Gasteiger partial charge in [-0.05, 0) is 63.1 Å². The fourth-order valence-electron chi connectivity index (χ4n) is 3.43. The highest BCUT2D eigenvalue weighted by atomic mass is 32.2. The highest BCUT2D eigenvalue weighted by Crippen LogP contribution is 2.20. The third kappa shape index (κ3) is 5.76. The quantitative estimate of drug-likeness (QED) is 0.526. The molecular formula is C24H30N4O3S. The van der Waals surface area contributed by atoms with Gasteiger partial charge in [0.25, 0.3) is 10.0 Å². The molecule has 3 rings (SSSR count). The zero-order valence-corrected chi connectivity index (χ0v) is 20.0. The van der Waals surface area contributed by atoms with Gasteiger partial charge < -0.3 is 5.32 Å². The van der Waals surface area contributed by atoms with Crippen molar-refractivity contribution in [2.24, 2.45) is 5.92 Å². The smallest absolute Gasteiger partial charge is 0.261 e. The maximum atomic E-state index is 12.6. The highest BCUT2D eigenvalue weighted by Gasteiger charge is 2.16. The van der Waals surface area contributed by atoms with E-state index in [4.69, 9.17) is 0 Å². The molecule has 1 amide bonds. The standard InChI is InChI=1S/C24H30N4O3S/c1-16(2)15-28-19(5)23(18(4)26-28)14-24(29)25-20-8-10-21(11-9-20)27-32(30,31)22-12-6-17(3)7-13-22/h6-13,16,27H,14-15H2,1-5H3,(H,25,29). The van der Waals surface area contributed by atoms with E-state index in [0.717, 1.165) is 29.1 Å². The summed E-state index contributed by atoms with van der Waals surface area (Å²) in [7, 11) is -3.67. The topological polar surface area (TPSA) is 93.1 Å². The van der Waals surface area contributed by atoms with Crippen LogP contribution in [-0.2, 0) is 27.8 Å². The van der Waals surface area contributed by atoms with Gasteiger partial charge in [-0.2, -0.15) is 5.10 Å². The van der Waals surface area contributed by atoms with Gasteiger partial charge in [0, 0.05) is 29.2 Å². The van der Waals surface area contributed by atoms with Gasteiger partial charge >= 0.3 is 0 Å². The third-order valence-corrected chi connectivity index (χ3v) is 6.56. The first-order valence-corrected chi connectivity index (χ1v) is 12.1. The molecule has 32 heavy (non-hydrogen) atoms. The van der Waals surface area contributed by atoms with Crippen molar-refractivity contribution in [3.05, 3.63) is 71.0 Å². The van der Waals surface area contributed by atoms with Crippen molar-refractivity contribution in [2.45, 2.75) is 52.5 Å². The number of hydrogen-bond donors (Lipinski definition) is 2. The molecule has 1 heterocycles. The SMILES string of the molecule is Cc1ccc(S(=O)(=O)Nc2ccc(NC(=O)Cc3c(C)nn(CC(C)C)c3C)cc2)cc1.